The van der Waals surface area contributed by atoms with Crippen molar-refractivity contribution in [3.63, 3.8) is 0 Å². The van der Waals surface area contributed by atoms with Gasteiger partial charge >= 0.3 is 0 Å². The van der Waals surface area contributed by atoms with Crippen molar-refractivity contribution in [2.24, 2.45) is 0 Å². The van der Waals surface area contributed by atoms with Gasteiger partial charge in [0.15, 0.2) is 0 Å². The van der Waals surface area contributed by atoms with E-state index in [9.17, 15) is 0 Å². The van der Waals surface area contributed by atoms with Gasteiger partial charge in [-0.15, -0.1) is 0 Å². The van der Waals surface area contributed by atoms with E-state index >= 15 is 0 Å². The molecule has 0 bridgehead atoms. The molecule has 0 N–H and O–H groups in total. The third kappa shape index (κ3) is 3.21. The molecule has 0 aliphatic carbocycles. The highest BCUT2D eigenvalue weighted by atomic mass is 16.3. The first kappa shape index (κ1) is 27.2. The largest absolute Gasteiger partial charge is 0.457 e. The second-order valence-electron chi connectivity index (χ2n) is 15.0. The van der Waals surface area contributed by atoms with Crippen LogP contribution in [0.15, 0.2) is 144 Å². The van der Waals surface area contributed by atoms with E-state index < -0.39 is 0 Å². The highest BCUT2D eigenvalue weighted by Gasteiger charge is 2.43. The molecule has 8 aromatic carbocycles. The minimum Gasteiger partial charge on any atom is -0.457 e. The number of furan rings is 1. The zero-order valence-corrected chi connectivity index (χ0v) is 28.7. The zero-order valence-electron chi connectivity index (χ0n) is 28.7. The normalized spacial score (nSPS) is 13.2. The van der Waals surface area contributed by atoms with Crippen LogP contribution in [0, 0.1) is 13.8 Å². The van der Waals surface area contributed by atoms with E-state index in [-0.39, 0.29) is 6.71 Å². The van der Waals surface area contributed by atoms with Crippen molar-refractivity contribution in [2.45, 2.75) is 13.8 Å². The lowest BCUT2D eigenvalue weighted by Gasteiger charge is -2.34. The Labute approximate surface area is 299 Å². The highest BCUT2D eigenvalue weighted by Crippen LogP contribution is 2.44. The van der Waals surface area contributed by atoms with E-state index in [0.717, 1.165) is 16.6 Å². The molecule has 0 saturated heterocycles. The van der Waals surface area contributed by atoms with Gasteiger partial charge in [-0.2, -0.15) is 0 Å². The van der Waals surface area contributed by atoms with E-state index in [2.05, 4.69) is 163 Å². The van der Waals surface area contributed by atoms with Crippen molar-refractivity contribution in [3.05, 3.63) is 151 Å². The van der Waals surface area contributed by atoms with Crippen LogP contribution in [0.5, 0.6) is 0 Å². The number of rotatable bonds is 1. The van der Waals surface area contributed by atoms with Crippen molar-refractivity contribution in [1.82, 2.24) is 9.13 Å². The lowest BCUT2D eigenvalue weighted by Crippen LogP contribution is -2.59. The van der Waals surface area contributed by atoms with E-state index in [1.807, 2.05) is 0 Å². The summed E-state index contributed by atoms with van der Waals surface area (Å²) in [5.41, 5.74) is 18.4. The average Bonchev–Trinajstić information content (AvgIpc) is 3.82. The first-order chi connectivity index (χ1) is 25.6. The molecule has 0 amide bonds. The summed E-state index contributed by atoms with van der Waals surface area (Å²) in [6.45, 7) is 4.44. The quantitative estimate of drug-likeness (QED) is 0.161. The second-order valence-corrected chi connectivity index (χ2v) is 15.0. The summed E-state index contributed by atoms with van der Waals surface area (Å²) in [6.07, 6.45) is 0. The fraction of sp³-hybridized carbons (Fsp3) is 0.0417. The van der Waals surface area contributed by atoms with Crippen LogP contribution in [0.2, 0.25) is 0 Å². The fourth-order valence-corrected chi connectivity index (χ4v) is 10.0. The van der Waals surface area contributed by atoms with Crippen LogP contribution >= 0.6 is 0 Å². The summed E-state index contributed by atoms with van der Waals surface area (Å²) >= 11 is 0. The van der Waals surface area contributed by atoms with E-state index in [4.69, 9.17) is 4.42 Å². The number of aromatic nitrogens is 2. The molecule has 4 heteroatoms. The van der Waals surface area contributed by atoms with E-state index in [1.54, 1.807) is 0 Å². The van der Waals surface area contributed by atoms with Crippen molar-refractivity contribution >= 4 is 99.4 Å². The first-order valence-electron chi connectivity index (χ1n) is 18.2. The molecule has 0 saturated carbocycles. The van der Waals surface area contributed by atoms with Crippen LogP contribution in [0.3, 0.4) is 0 Å². The summed E-state index contributed by atoms with van der Waals surface area (Å²) in [5.74, 6) is 0. The standard InChI is InChI=1S/C48H29BN2O/c1-26-16-17-39-33(18-26)35-19-27(2)20-38-46(35)50(39)41-23-31(28-10-4-3-5-11-28)24-42-44(41)49(38)45-47-36(25-37-32-14-8-9-15-43(32)52-48(37)45)34-21-29-12-6-7-13-30(29)22-40(34)51(42)47/h3-25H,1-2H3. The summed E-state index contributed by atoms with van der Waals surface area (Å²) < 4.78 is 12.2. The highest BCUT2D eigenvalue weighted by molar-refractivity contribution is 7.01. The van der Waals surface area contributed by atoms with Crippen LogP contribution < -0.4 is 16.4 Å². The molecule has 11 aromatic rings. The predicted octanol–water partition coefficient (Wildman–Crippen LogP) is 10.4. The number of para-hydroxylation sites is 1. The Morgan fingerprint density at radius 3 is 2.00 bits per heavy atom. The van der Waals surface area contributed by atoms with Crippen molar-refractivity contribution < 1.29 is 4.42 Å². The Hall–Kier alpha value is -6.52. The maximum absolute atomic E-state index is 7.02. The van der Waals surface area contributed by atoms with Gasteiger partial charge in [-0.3, -0.25) is 0 Å². The maximum Gasteiger partial charge on any atom is 0.257 e. The van der Waals surface area contributed by atoms with Gasteiger partial charge in [0, 0.05) is 49.2 Å². The molecule has 240 valence electrons. The number of fused-ring (bicyclic) bond motifs is 15. The molecule has 5 heterocycles. The van der Waals surface area contributed by atoms with Crippen LogP contribution in [-0.2, 0) is 0 Å². The van der Waals surface area contributed by atoms with Crippen molar-refractivity contribution in [3.8, 4) is 22.5 Å². The Morgan fingerprint density at radius 2 is 1.15 bits per heavy atom. The second kappa shape index (κ2) is 9.23. The van der Waals surface area contributed by atoms with Crippen LogP contribution in [0.4, 0.5) is 0 Å². The molecular formula is C48H29BN2O. The third-order valence-electron chi connectivity index (χ3n) is 12.1. The topological polar surface area (TPSA) is 23.0 Å². The first-order valence-corrected chi connectivity index (χ1v) is 18.2. The number of aryl methyl sites for hydroxylation is 2. The van der Waals surface area contributed by atoms with Gasteiger partial charge in [0.2, 0.25) is 0 Å². The van der Waals surface area contributed by atoms with Gasteiger partial charge < -0.3 is 13.6 Å². The zero-order chi connectivity index (χ0) is 34.0. The van der Waals surface area contributed by atoms with Crippen molar-refractivity contribution in [1.29, 1.82) is 0 Å². The van der Waals surface area contributed by atoms with Gasteiger partial charge in [0.25, 0.3) is 6.71 Å². The molecule has 0 fully saturated rings. The summed E-state index contributed by atoms with van der Waals surface area (Å²) in [5, 5.41) is 10.0. The fourth-order valence-electron chi connectivity index (χ4n) is 10.0. The molecule has 2 aliphatic rings. The third-order valence-corrected chi connectivity index (χ3v) is 12.1. The van der Waals surface area contributed by atoms with Crippen LogP contribution in [0.1, 0.15) is 11.1 Å². The number of nitrogens with zero attached hydrogens (tertiary/aromatic N) is 2. The van der Waals surface area contributed by atoms with Crippen LogP contribution in [0.25, 0.3) is 98.8 Å². The Balaban J connectivity index is 1.33. The molecule has 13 rings (SSSR count). The minimum absolute atomic E-state index is 0.0203. The van der Waals surface area contributed by atoms with Crippen LogP contribution in [-0.4, -0.2) is 15.8 Å². The molecule has 3 aromatic heterocycles. The molecule has 52 heavy (non-hydrogen) atoms. The minimum atomic E-state index is -0.0203. The van der Waals surface area contributed by atoms with Gasteiger partial charge in [-0.25, -0.2) is 0 Å². The molecule has 0 spiro atoms. The molecule has 0 unspecified atom stereocenters. The van der Waals surface area contributed by atoms with Gasteiger partial charge in [-0.05, 0) is 107 Å². The SMILES string of the molecule is Cc1ccc2c(c1)c1cc(C)cc3c1n2-c1cc(-c2ccccc2)cc2c1B3c1c3oc4ccccc4c3cc3c4cc5ccccc5cc4n-2c13. The van der Waals surface area contributed by atoms with E-state index in [0.29, 0.717) is 0 Å². The van der Waals surface area contributed by atoms with Gasteiger partial charge in [-0.1, -0.05) is 96.1 Å². The lowest BCUT2D eigenvalue weighted by atomic mass is 9.34. The summed E-state index contributed by atoms with van der Waals surface area (Å²) in [6, 6.07) is 52.2. The number of benzene rings is 8. The van der Waals surface area contributed by atoms with Gasteiger partial charge in [0.1, 0.15) is 11.2 Å². The number of hydrogen-bond donors (Lipinski definition) is 0. The molecule has 2 aliphatic heterocycles. The monoisotopic (exact) mass is 660 g/mol. The Bertz CT molecular complexity index is 3430. The Morgan fingerprint density at radius 1 is 0.462 bits per heavy atom. The maximum atomic E-state index is 7.02. The summed E-state index contributed by atoms with van der Waals surface area (Å²) in [4.78, 5) is 0. The Kier molecular flexibility index (Phi) is 4.83. The molecule has 0 atom stereocenters. The van der Waals surface area contributed by atoms with E-state index in [1.165, 1.54) is 110 Å². The lowest BCUT2D eigenvalue weighted by molar-refractivity contribution is 0.671. The van der Waals surface area contributed by atoms with Gasteiger partial charge in [0.05, 0.1) is 16.6 Å². The summed E-state index contributed by atoms with van der Waals surface area (Å²) in [7, 11) is 0. The van der Waals surface area contributed by atoms with Crippen molar-refractivity contribution in [2.75, 3.05) is 0 Å². The predicted molar refractivity (Wildman–Crippen MR) is 219 cm³/mol. The molecular weight excluding hydrogens is 631 g/mol. The average molecular weight is 661 g/mol. The molecule has 3 nitrogen and oxygen atoms in total. The molecule has 0 radical (unpaired) electrons. The smallest absolute Gasteiger partial charge is 0.257 e. The number of hydrogen-bond acceptors (Lipinski definition) is 1.